The number of nitrogens with one attached hydrogen (secondary N) is 2. The van der Waals surface area contributed by atoms with Gasteiger partial charge in [0.25, 0.3) is 0 Å². The van der Waals surface area contributed by atoms with Gasteiger partial charge in [-0.15, -0.1) is 0 Å². The number of anilines is 1. The highest BCUT2D eigenvalue weighted by molar-refractivity contribution is 7.89. The number of Topliss-reactive ketones (excluding diaryl/α,β-unsaturated/α-hetero) is 1. The molecule has 3 rings (SSSR count). The second-order valence-corrected chi connectivity index (χ2v) is 11.2. The summed E-state index contributed by atoms with van der Waals surface area (Å²) in [6.07, 6.45) is -0.394. The number of methoxy groups -OCH3 is 1. The lowest BCUT2D eigenvalue weighted by atomic mass is 10.1. The number of hydrogen-bond donors (Lipinski definition) is 2. The van der Waals surface area contributed by atoms with Crippen LogP contribution in [0.5, 0.6) is 11.5 Å². The van der Waals surface area contributed by atoms with Crippen molar-refractivity contribution in [1.29, 1.82) is 5.26 Å². The average molecular weight is 629 g/mol. The molecule has 0 saturated carbocycles. The molecule has 0 unspecified atom stereocenters. The van der Waals surface area contributed by atoms with Crippen LogP contribution in [0.15, 0.2) is 53.4 Å². The highest BCUT2D eigenvalue weighted by Crippen LogP contribution is 2.35. The van der Waals surface area contributed by atoms with Gasteiger partial charge in [-0.3, -0.25) is 9.59 Å². The lowest BCUT2D eigenvalue weighted by Gasteiger charge is -2.13. The molecule has 0 atom stereocenters. The van der Waals surface area contributed by atoms with Crippen molar-refractivity contribution in [1.82, 2.24) is 4.72 Å². The molecule has 2 N–H and O–H groups in total. The monoisotopic (exact) mass is 627 g/mol. The van der Waals surface area contributed by atoms with E-state index >= 15 is 4.39 Å². The maximum Gasteiger partial charge on any atom is 0.241 e. The van der Waals surface area contributed by atoms with Crippen molar-refractivity contribution in [3.63, 3.8) is 0 Å². The molecule has 0 aromatic heterocycles. The molecule has 0 spiro atoms. The average Bonchev–Trinajstić information content (AvgIpc) is 2.91. The molecule has 0 aliphatic heterocycles. The van der Waals surface area contributed by atoms with Gasteiger partial charge in [-0.05, 0) is 42.5 Å². The molecule has 0 fully saturated rings. The fraction of sp³-hybridized carbons (Fsp3) is 0.192. The van der Waals surface area contributed by atoms with E-state index in [1.54, 1.807) is 0 Å². The van der Waals surface area contributed by atoms with Crippen LogP contribution in [0.2, 0.25) is 15.1 Å². The van der Waals surface area contributed by atoms with Gasteiger partial charge in [0.05, 0.1) is 51.8 Å². The van der Waals surface area contributed by atoms with Crippen LogP contribution in [0.3, 0.4) is 0 Å². The van der Waals surface area contributed by atoms with Gasteiger partial charge in [-0.1, -0.05) is 40.9 Å². The number of carbonyl (C=O) groups excluding carboxylic acids is 2. The smallest absolute Gasteiger partial charge is 0.241 e. The van der Waals surface area contributed by atoms with E-state index in [9.17, 15) is 18.0 Å². The van der Waals surface area contributed by atoms with Crippen molar-refractivity contribution in [2.24, 2.45) is 0 Å². The SMILES string of the molecule is COCCC(=O)CNS(=O)(=O)c1ccc(NC(=O)Cc2ccc(Cl)c(Oc3cc(Cl)cc(C#N)c3)c2F)c(Cl)c1. The Morgan fingerprint density at radius 3 is 2.48 bits per heavy atom. The number of nitriles is 1. The van der Waals surface area contributed by atoms with Crippen LogP contribution in [-0.4, -0.2) is 40.4 Å². The number of nitrogens with zero attached hydrogens (tertiary/aromatic N) is 1. The molecule has 0 radical (unpaired) electrons. The van der Waals surface area contributed by atoms with Gasteiger partial charge in [0, 0.05) is 24.1 Å². The van der Waals surface area contributed by atoms with Gasteiger partial charge < -0.3 is 14.8 Å². The molecule has 0 heterocycles. The lowest BCUT2D eigenvalue weighted by Crippen LogP contribution is -2.30. The molecule has 0 aliphatic rings. The molecule has 210 valence electrons. The largest absolute Gasteiger partial charge is 0.453 e. The number of halogens is 4. The van der Waals surface area contributed by atoms with Crippen LogP contribution >= 0.6 is 34.8 Å². The third kappa shape index (κ3) is 8.38. The van der Waals surface area contributed by atoms with Gasteiger partial charge >= 0.3 is 0 Å². The molecular formula is C26H21Cl3FN3O6S. The first kappa shape index (κ1) is 31.3. The molecule has 40 heavy (non-hydrogen) atoms. The van der Waals surface area contributed by atoms with Crippen LogP contribution < -0.4 is 14.8 Å². The van der Waals surface area contributed by atoms with Crippen LogP contribution in [0.4, 0.5) is 10.1 Å². The standard InChI is InChI=1S/C26H21Cl3FN3O6S/c1-38-7-6-18(34)14-32-40(36,37)20-3-5-23(22(29)12-20)33-24(35)10-16-2-4-21(28)26(25(16)30)39-19-9-15(13-31)8-17(27)11-19/h2-5,8-9,11-12,32H,6-7,10,14H2,1H3,(H,33,35). The maximum absolute atomic E-state index is 15.2. The summed E-state index contributed by atoms with van der Waals surface area (Å²) in [5.74, 6) is -2.22. The Hall–Kier alpha value is -3.24. The molecule has 14 heteroatoms. The Morgan fingerprint density at radius 1 is 1.05 bits per heavy atom. The Morgan fingerprint density at radius 2 is 1.80 bits per heavy atom. The third-order valence-electron chi connectivity index (χ3n) is 5.27. The molecule has 9 nitrogen and oxygen atoms in total. The molecule has 3 aromatic rings. The Balaban J connectivity index is 1.71. The molecule has 0 saturated heterocycles. The van der Waals surface area contributed by atoms with E-state index in [0.717, 1.165) is 6.07 Å². The summed E-state index contributed by atoms with van der Waals surface area (Å²) in [4.78, 5) is 24.2. The minimum absolute atomic E-state index is 0.0509. The summed E-state index contributed by atoms with van der Waals surface area (Å²) in [6.45, 7) is -0.253. The first-order valence-corrected chi connectivity index (χ1v) is 14.0. The summed E-state index contributed by atoms with van der Waals surface area (Å²) < 4.78 is 52.7. The number of ketones is 1. The van der Waals surface area contributed by atoms with Crippen molar-refractivity contribution >= 4 is 62.2 Å². The predicted octanol–water partition coefficient (Wildman–Crippen LogP) is 5.51. The van der Waals surface area contributed by atoms with Crippen LogP contribution in [0.1, 0.15) is 17.5 Å². The summed E-state index contributed by atoms with van der Waals surface area (Å²) in [5, 5.41) is 11.6. The zero-order valence-corrected chi connectivity index (χ0v) is 23.8. The second kappa shape index (κ2) is 13.9. The minimum Gasteiger partial charge on any atom is -0.453 e. The number of rotatable bonds is 12. The highest BCUT2D eigenvalue weighted by Gasteiger charge is 2.20. The molecular weight excluding hydrogens is 608 g/mol. The van der Waals surface area contributed by atoms with E-state index < -0.39 is 34.7 Å². The third-order valence-corrected chi connectivity index (χ3v) is 7.50. The Kier molecular flexibility index (Phi) is 10.9. The summed E-state index contributed by atoms with van der Waals surface area (Å²) in [6, 6.07) is 12.2. The topological polar surface area (TPSA) is 135 Å². The normalized spacial score (nSPS) is 11.1. The first-order valence-electron chi connectivity index (χ1n) is 11.4. The highest BCUT2D eigenvalue weighted by atomic mass is 35.5. The number of carbonyl (C=O) groups is 2. The van der Waals surface area contributed by atoms with E-state index in [-0.39, 0.29) is 67.1 Å². The van der Waals surface area contributed by atoms with Crippen LogP contribution in [-0.2, 0) is 30.8 Å². The maximum atomic E-state index is 15.2. The fourth-order valence-corrected chi connectivity index (χ4v) is 5.04. The first-order chi connectivity index (χ1) is 18.9. The summed E-state index contributed by atoms with van der Waals surface area (Å²) in [5.41, 5.74) is 0.212. The predicted molar refractivity (Wildman–Crippen MR) is 148 cm³/mol. The van der Waals surface area contributed by atoms with Gasteiger partial charge in [0.1, 0.15) is 11.5 Å². The van der Waals surface area contributed by atoms with Gasteiger partial charge in [-0.2, -0.15) is 5.26 Å². The van der Waals surface area contributed by atoms with E-state index in [1.165, 1.54) is 49.6 Å². The van der Waals surface area contributed by atoms with E-state index in [1.807, 2.05) is 6.07 Å². The van der Waals surface area contributed by atoms with Gasteiger partial charge in [0.15, 0.2) is 11.6 Å². The summed E-state index contributed by atoms with van der Waals surface area (Å²) in [7, 11) is -2.63. The molecule has 1 amide bonds. The van der Waals surface area contributed by atoms with Crippen molar-refractivity contribution in [3.8, 4) is 17.6 Å². The van der Waals surface area contributed by atoms with E-state index in [0.29, 0.717) is 0 Å². The van der Waals surface area contributed by atoms with Gasteiger partial charge in [0.2, 0.25) is 15.9 Å². The molecule has 0 aliphatic carbocycles. The summed E-state index contributed by atoms with van der Waals surface area (Å²) >= 11 is 18.3. The Bertz CT molecular complexity index is 1600. The van der Waals surface area contributed by atoms with E-state index in [2.05, 4.69) is 10.0 Å². The van der Waals surface area contributed by atoms with Gasteiger partial charge in [-0.25, -0.2) is 17.5 Å². The number of ether oxygens (including phenoxy) is 2. The van der Waals surface area contributed by atoms with Crippen LogP contribution in [0, 0.1) is 17.1 Å². The lowest BCUT2D eigenvalue weighted by molar-refractivity contribution is -0.119. The number of benzene rings is 3. The molecule has 0 bridgehead atoms. The quantitative estimate of drug-likeness (QED) is 0.270. The Labute approximate surface area is 244 Å². The zero-order valence-electron chi connectivity index (χ0n) is 20.8. The zero-order chi connectivity index (χ0) is 29.4. The minimum atomic E-state index is -4.06. The van der Waals surface area contributed by atoms with E-state index in [4.69, 9.17) is 49.5 Å². The van der Waals surface area contributed by atoms with Crippen molar-refractivity contribution in [2.75, 3.05) is 25.6 Å². The second-order valence-electron chi connectivity index (χ2n) is 8.21. The number of amides is 1. The van der Waals surface area contributed by atoms with Crippen LogP contribution in [0.25, 0.3) is 0 Å². The van der Waals surface area contributed by atoms with Crippen molar-refractivity contribution in [3.05, 3.63) is 80.5 Å². The number of hydrogen-bond acceptors (Lipinski definition) is 7. The number of sulfonamides is 1. The van der Waals surface area contributed by atoms with Crippen molar-refractivity contribution < 1.29 is 31.9 Å². The molecule has 3 aromatic carbocycles. The fourth-order valence-electron chi connectivity index (χ4n) is 3.30. The van der Waals surface area contributed by atoms with Crippen molar-refractivity contribution in [2.45, 2.75) is 17.7 Å².